The van der Waals surface area contributed by atoms with E-state index >= 15 is 0 Å². The molecular formula is C13H15ClN2. The van der Waals surface area contributed by atoms with E-state index in [1.54, 1.807) is 0 Å². The van der Waals surface area contributed by atoms with Crippen LogP contribution in [-0.2, 0) is 6.54 Å². The molecule has 0 amide bonds. The molecule has 3 rings (SSSR count). The smallest absolute Gasteiger partial charge is 0.0530 e. The lowest BCUT2D eigenvalue weighted by Crippen LogP contribution is -2.31. The van der Waals surface area contributed by atoms with Gasteiger partial charge in [-0.15, -0.1) is 0 Å². The van der Waals surface area contributed by atoms with Gasteiger partial charge in [0.15, 0.2) is 0 Å². The molecule has 2 heterocycles. The molecule has 16 heavy (non-hydrogen) atoms. The van der Waals surface area contributed by atoms with E-state index in [0.717, 1.165) is 18.1 Å². The van der Waals surface area contributed by atoms with Crippen LogP contribution >= 0.6 is 11.6 Å². The topological polar surface area (TPSA) is 17.0 Å². The number of hydrogen-bond donors (Lipinski definition) is 1. The highest BCUT2D eigenvalue weighted by atomic mass is 35.5. The summed E-state index contributed by atoms with van der Waals surface area (Å²) in [6.45, 7) is 6.33. The first kappa shape index (κ1) is 10.2. The second kappa shape index (κ2) is 3.51. The average Bonchev–Trinajstić information content (AvgIpc) is 2.64. The molecule has 1 aliphatic heterocycles. The van der Waals surface area contributed by atoms with Crippen LogP contribution in [0.3, 0.4) is 0 Å². The standard InChI is InChI=1S/C13H15ClN2/c1-8-6-15-7-11-5-10-3-4-12(14)9(2)13(10)16(8)11/h3-5,8,15H,6-7H2,1-2H3. The van der Waals surface area contributed by atoms with Crippen molar-refractivity contribution in [2.45, 2.75) is 26.4 Å². The minimum absolute atomic E-state index is 0.499. The van der Waals surface area contributed by atoms with Gasteiger partial charge in [0, 0.05) is 35.2 Å². The van der Waals surface area contributed by atoms with Crippen molar-refractivity contribution in [3.63, 3.8) is 0 Å². The van der Waals surface area contributed by atoms with Gasteiger partial charge in [-0.3, -0.25) is 0 Å². The first-order chi connectivity index (χ1) is 7.68. The molecule has 2 nitrogen and oxygen atoms in total. The third-order valence-electron chi connectivity index (χ3n) is 3.46. The molecule has 0 bridgehead atoms. The molecule has 1 aliphatic rings. The molecular weight excluding hydrogens is 220 g/mol. The summed E-state index contributed by atoms with van der Waals surface area (Å²) in [6.07, 6.45) is 0. The second-order valence-electron chi connectivity index (χ2n) is 4.60. The van der Waals surface area contributed by atoms with Gasteiger partial charge in [-0.2, -0.15) is 0 Å². The van der Waals surface area contributed by atoms with Crippen molar-refractivity contribution in [1.29, 1.82) is 0 Å². The maximum atomic E-state index is 6.21. The Hall–Kier alpha value is -0.990. The van der Waals surface area contributed by atoms with E-state index in [4.69, 9.17) is 11.6 Å². The molecule has 2 aromatic rings. The second-order valence-corrected chi connectivity index (χ2v) is 5.00. The fraction of sp³-hybridized carbons (Fsp3) is 0.385. The number of fused-ring (bicyclic) bond motifs is 3. The largest absolute Gasteiger partial charge is 0.339 e. The monoisotopic (exact) mass is 234 g/mol. The predicted molar refractivity (Wildman–Crippen MR) is 68.1 cm³/mol. The van der Waals surface area contributed by atoms with Crippen LogP contribution in [0.25, 0.3) is 10.9 Å². The Morgan fingerprint density at radius 1 is 1.44 bits per heavy atom. The van der Waals surface area contributed by atoms with E-state index in [-0.39, 0.29) is 0 Å². The lowest BCUT2D eigenvalue weighted by Gasteiger charge is -2.25. The van der Waals surface area contributed by atoms with Crippen molar-refractivity contribution in [2.75, 3.05) is 6.54 Å². The molecule has 84 valence electrons. The molecule has 0 radical (unpaired) electrons. The number of hydrogen-bond acceptors (Lipinski definition) is 1. The minimum Gasteiger partial charge on any atom is -0.339 e. The summed E-state index contributed by atoms with van der Waals surface area (Å²) in [5.74, 6) is 0. The van der Waals surface area contributed by atoms with Gasteiger partial charge in [-0.1, -0.05) is 17.7 Å². The van der Waals surface area contributed by atoms with E-state index < -0.39 is 0 Å². The van der Waals surface area contributed by atoms with Gasteiger partial charge in [0.2, 0.25) is 0 Å². The molecule has 1 N–H and O–H groups in total. The number of aryl methyl sites for hydroxylation is 1. The van der Waals surface area contributed by atoms with Gasteiger partial charge >= 0.3 is 0 Å². The average molecular weight is 235 g/mol. The molecule has 1 aromatic carbocycles. The Kier molecular flexibility index (Phi) is 2.23. The first-order valence-electron chi connectivity index (χ1n) is 5.68. The van der Waals surface area contributed by atoms with Gasteiger partial charge in [-0.05, 0) is 31.5 Å². The van der Waals surface area contributed by atoms with Crippen LogP contribution in [0.5, 0.6) is 0 Å². The Bertz CT molecular complexity index is 557. The van der Waals surface area contributed by atoms with Crippen LogP contribution in [0.2, 0.25) is 5.02 Å². The van der Waals surface area contributed by atoms with E-state index in [1.807, 2.05) is 6.07 Å². The highest BCUT2D eigenvalue weighted by Crippen LogP contribution is 2.32. The molecule has 3 heteroatoms. The van der Waals surface area contributed by atoms with Gasteiger partial charge in [0.1, 0.15) is 0 Å². The zero-order valence-electron chi connectivity index (χ0n) is 9.55. The van der Waals surface area contributed by atoms with E-state index in [0.29, 0.717) is 6.04 Å². The van der Waals surface area contributed by atoms with Crippen molar-refractivity contribution in [1.82, 2.24) is 9.88 Å². The molecule has 1 aromatic heterocycles. The zero-order valence-corrected chi connectivity index (χ0v) is 10.3. The quantitative estimate of drug-likeness (QED) is 0.741. The Morgan fingerprint density at radius 3 is 3.06 bits per heavy atom. The predicted octanol–water partition coefficient (Wildman–Crippen LogP) is 3.27. The number of benzene rings is 1. The number of halogens is 1. The summed E-state index contributed by atoms with van der Waals surface area (Å²) in [6, 6.07) is 6.87. The summed E-state index contributed by atoms with van der Waals surface area (Å²) in [7, 11) is 0. The number of aromatic nitrogens is 1. The van der Waals surface area contributed by atoms with Crippen LogP contribution in [0.4, 0.5) is 0 Å². The molecule has 0 fully saturated rings. The summed E-state index contributed by atoms with van der Waals surface area (Å²) < 4.78 is 2.42. The van der Waals surface area contributed by atoms with Gasteiger partial charge in [0.25, 0.3) is 0 Å². The maximum absolute atomic E-state index is 6.21. The summed E-state index contributed by atoms with van der Waals surface area (Å²) >= 11 is 6.21. The summed E-state index contributed by atoms with van der Waals surface area (Å²) in [4.78, 5) is 0. The maximum Gasteiger partial charge on any atom is 0.0530 e. The summed E-state index contributed by atoms with van der Waals surface area (Å²) in [5.41, 5.74) is 3.86. The van der Waals surface area contributed by atoms with E-state index in [9.17, 15) is 0 Å². The zero-order chi connectivity index (χ0) is 11.3. The Labute approximate surface area is 100 Å². The van der Waals surface area contributed by atoms with E-state index in [1.165, 1.54) is 22.2 Å². The van der Waals surface area contributed by atoms with Crippen LogP contribution in [-0.4, -0.2) is 11.1 Å². The van der Waals surface area contributed by atoms with Gasteiger partial charge in [-0.25, -0.2) is 0 Å². The minimum atomic E-state index is 0.499. The van der Waals surface area contributed by atoms with Crippen molar-refractivity contribution >= 4 is 22.5 Å². The number of nitrogens with one attached hydrogen (secondary N) is 1. The lowest BCUT2D eigenvalue weighted by atomic mass is 10.1. The molecule has 1 unspecified atom stereocenters. The molecule has 0 spiro atoms. The first-order valence-corrected chi connectivity index (χ1v) is 6.06. The van der Waals surface area contributed by atoms with Crippen molar-refractivity contribution in [3.05, 3.63) is 34.5 Å². The van der Waals surface area contributed by atoms with Crippen LogP contribution in [0.15, 0.2) is 18.2 Å². The SMILES string of the molecule is Cc1c(Cl)ccc2cc3n(c12)C(C)CNC3. The lowest BCUT2D eigenvalue weighted by molar-refractivity contribution is 0.439. The van der Waals surface area contributed by atoms with E-state index in [2.05, 4.69) is 35.9 Å². The third-order valence-corrected chi connectivity index (χ3v) is 3.86. The molecule has 0 saturated heterocycles. The van der Waals surface area contributed by atoms with Crippen molar-refractivity contribution < 1.29 is 0 Å². The number of rotatable bonds is 0. The molecule has 0 aliphatic carbocycles. The summed E-state index contributed by atoms with van der Waals surface area (Å²) in [5, 5.41) is 5.59. The Morgan fingerprint density at radius 2 is 2.25 bits per heavy atom. The van der Waals surface area contributed by atoms with Gasteiger partial charge in [0.05, 0.1) is 5.52 Å². The van der Waals surface area contributed by atoms with Crippen molar-refractivity contribution in [2.24, 2.45) is 0 Å². The number of nitrogens with zero attached hydrogens (tertiary/aromatic N) is 1. The highest BCUT2D eigenvalue weighted by Gasteiger charge is 2.19. The normalized spacial score (nSPS) is 20.1. The van der Waals surface area contributed by atoms with Crippen LogP contribution < -0.4 is 5.32 Å². The van der Waals surface area contributed by atoms with Gasteiger partial charge < -0.3 is 9.88 Å². The third kappa shape index (κ3) is 1.30. The Balaban J connectivity index is 2.40. The fourth-order valence-electron chi connectivity index (χ4n) is 2.67. The van der Waals surface area contributed by atoms with Crippen LogP contribution in [0, 0.1) is 6.92 Å². The molecule has 0 saturated carbocycles. The van der Waals surface area contributed by atoms with Crippen LogP contribution in [0.1, 0.15) is 24.2 Å². The highest BCUT2D eigenvalue weighted by molar-refractivity contribution is 6.32. The fourth-order valence-corrected chi connectivity index (χ4v) is 2.82. The van der Waals surface area contributed by atoms with Crippen molar-refractivity contribution in [3.8, 4) is 0 Å². The molecule has 1 atom stereocenters.